The van der Waals surface area contributed by atoms with Crippen LogP contribution in [0.1, 0.15) is 34.3 Å². The minimum atomic E-state index is -0.769. The first-order chi connectivity index (χ1) is 19.7. The van der Waals surface area contributed by atoms with Gasteiger partial charge in [0, 0.05) is 58.4 Å². The van der Waals surface area contributed by atoms with Gasteiger partial charge < -0.3 is 19.8 Å². The van der Waals surface area contributed by atoms with Gasteiger partial charge in [-0.15, -0.1) is 0 Å². The Morgan fingerprint density at radius 1 is 0.500 bits per heavy atom. The number of aromatic amines is 2. The monoisotopic (exact) mass is 524 g/mol. The smallest absolute Gasteiger partial charge is 0.251 e. The molecule has 1 aliphatic heterocycles. The first-order valence-corrected chi connectivity index (χ1v) is 13.5. The number of carbonyl (C=O) groups is 2. The molecule has 1 aliphatic rings. The van der Waals surface area contributed by atoms with Gasteiger partial charge >= 0.3 is 0 Å². The van der Waals surface area contributed by atoms with Crippen molar-refractivity contribution in [1.82, 2.24) is 19.8 Å². The Bertz CT molecular complexity index is 1690. The highest BCUT2D eigenvalue weighted by Gasteiger charge is 2.48. The van der Waals surface area contributed by atoms with Crippen molar-refractivity contribution < 1.29 is 9.59 Å². The maximum atomic E-state index is 14.8. The summed E-state index contributed by atoms with van der Waals surface area (Å²) in [4.78, 5) is 39.7. The van der Waals surface area contributed by atoms with Crippen molar-refractivity contribution in [3.63, 3.8) is 0 Å². The molecule has 2 atom stereocenters. The number of rotatable bonds is 6. The number of H-pyrrole nitrogens is 2. The lowest BCUT2D eigenvalue weighted by Gasteiger charge is -2.45. The van der Waals surface area contributed by atoms with Crippen LogP contribution >= 0.6 is 0 Å². The Morgan fingerprint density at radius 3 is 1.30 bits per heavy atom. The van der Waals surface area contributed by atoms with Crippen LogP contribution in [-0.4, -0.2) is 31.6 Å². The van der Waals surface area contributed by atoms with E-state index < -0.39 is 12.1 Å². The third kappa shape index (κ3) is 4.05. The summed E-state index contributed by atoms with van der Waals surface area (Å²) in [5.41, 5.74) is 5.43. The number of piperazine rings is 1. The molecule has 6 aromatic rings. The van der Waals surface area contributed by atoms with Crippen molar-refractivity contribution >= 4 is 33.6 Å². The second-order valence-corrected chi connectivity index (χ2v) is 10.3. The zero-order valence-electron chi connectivity index (χ0n) is 21.8. The lowest BCUT2D eigenvalue weighted by atomic mass is 9.92. The molecular formula is C34H28N4O2. The van der Waals surface area contributed by atoms with E-state index in [1.165, 1.54) is 0 Å². The highest BCUT2D eigenvalue weighted by molar-refractivity contribution is 6.02. The number of fused-ring (bicyclic) bond motifs is 2. The maximum absolute atomic E-state index is 14.8. The normalized spacial score (nSPS) is 17.7. The molecule has 2 unspecified atom stereocenters. The van der Waals surface area contributed by atoms with E-state index in [1.807, 2.05) is 122 Å². The number of nitrogens with zero attached hydrogens (tertiary/aromatic N) is 2. The van der Waals surface area contributed by atoms with E-state index in [9.17, 15) is 9.59 Å². The zero-order valence-corrected chi connectivity index (χ0v) is 21.8. The molecule has 6 heteroatoms. The standard InChI is InChI=1S/C34H28N4O2/c39-33-32(28-20-36-30-18-10-8-16-26(28)30)38(22-24-13-5-2-6-14-24)34(40)31(37(33)21-23-11-3-1-4-12-23)27-19-35-29-17-9-7-15-25(27)29/h1-20,31-32,35-36H,21-22H2. The molecule has 3 heterocycles. The van der Waals surface area contributed by atoms with E-state index in [4.69, 9.17) is 0 Å². The second-order valence-electron chi connectivity index (χ2n) is 10.3. The summed E-state index contributed by atoms with van der Waals surface area (Å²) in [7, 11) is 0. The Hall–Kier alpha value is -5.10. The average Bonchev–Trinajstić information content (AvgIpc) is 3.62. The molecule has 0 aliphatic carbocycles. The maximum Gasteiger partial charge on any atom is 0.251 e. The van der Waals surface area contributed by atoms with Gasteiger partial charge in [0.25, 0.3) is 11.8 Å². The van der Waals surface area contributed by atoms with Gasteiger partial charge in [0.2, 0.25) is 0 Å². The summed E-state index contributed by atoms with van der Waals surface area (Å²) in [6.45, 7) is 0.654. The first kappa shape index (κ1) is 24.0. The largest absolute Gasteiger partial charge is 0.361 e. The molecule has 0 radical (unpaired) electrons. The predicted molar refractivity (Wildman–Crippen MR) is 156 cm³/mol. The number of benzene rings is 4. The van der Waals surface area contributed by atoms with Gasteiger partial charge in [0.15, 0.2) is 0 Å². The van der Waals surface area contributed by atoms with E-state index in [-0.39, 0.29) is 11.8 Å². The second kappa shape index (κ2) is 9.89. The minimum absolute atomic E-state index is 0.0978. The fourth-order valence-electron chi connectivity index (χ4n) is 5.98. The fourth-order valence-corrected chi connectivity index (χ4v) is 5.98. The number of hydrogen-bond acceptors (Lipinski definition) is 2. The number of carbonyl (C=O) groups excluding carboxylic acids is 2. The number of para-hydroxylation sites is 2. The molecule has 196 valence electrons. The topological polar surface area (TPSA) is 72.2 Å². The molecule has 1 fully saturated rings. The molecular weight excluding hydrogens is 496 g/mol. The van der Waals surface area contributed by atoms with Gasteiger partial charge in [0.1, 0.15) is 12.1 Å². The third-order valence-electron chi connectivity index (χ3n) is 7.88. The Balaban J connectivity index is 1.41. The molecule has 0 bridgehead atoms. The molecule has 2 N–H and O–H groups in total. The number of nitrogens with one attached hydrogen (secondary N) is 2. The van der Waals surface area contributed by atoms with Crippen LogP contribution in [-0.2, 0) is 22.7 Å². The van der Waals surface area contributed by atoms with E-state index >= 15 is 0 Å². The van der Waals surface area contributed by atoms with Gasteiger partial charge in [0.05, 0.1) is 0 Å². The van der Waals surface area contributed by atoms with E-state index in [0.29, 0.717) is 13.1 Å². The van der Waals surface area contributed by atoms with Gasteiger partial charge in [-0.25, -0.2) is 0 Å². The predicted octanol–water partition coefficient (Wildman–Crippen LogP) is 6.50. The average molecular weight is 525 g/mol. The number of amides is 2. The summed E-state index contributed by atoms with van der Waals surface area (Å²) >= 11 is 0. The zero-order chi connectivity index (χ0) is 27.1. The quantitative estimate of drug-likeness (QED) is 0.261. The van der Waals surface area contributed by atoms with Crippen LogP contribution in [0, 0.1) is 0 Å². The highest BCUT2D eigenvalue weighted by atomic mass is 16.2. The lowest BCUT2D eigenvalue weighted by Crippen LogP contribution is -2.56. The summed E-state index contributed by atoms with van der Waals surface area (Å²) in [6, 6.07) is 34.1. The molecule has 1 saturated heterocycles. The number of hydrogen-bond donors (Lipinski definition) is 2. The van der Waals surface area contributed by atoms with E-state index in [2.05, 4.69) is 9.97 Å². The van der Waals surface area contributed by atoms with Crippen LogP contribution in [0.4, 0.5) is 0 Å². The molecule has 2 amide bonds. The van der Waals surface area contributed by atoms with Crippen molar-refractivity contribution in [2.75, 3.05) is 0 Å². The van der Waals surface area contributed by atoms with E-state index in [0.717, 1.165) is 44.1 Å². The van der Waals surface area contributed by atoms with Crippen LogP contribution < -0.4 is 0 Å². The molecule has 4 aromatic carbocycles. The summed E-state index contributed by atoms with van der Waals surface area (Å²) in [5, 5.41) is 1.88. The Kier molecular flexibility index (Phi) is 5.93. The molecule has 0 saturated carbocycles. The van der Waals surface area contributed by atoms with Crippen molar-refractivity contribution in [2.45, 2.75) is 25.2 Å². The fraction of sp³-hybridized carbons (Fsp3) is 0.118. The Labute approximate surface area is 231 Å². The summed E-state index contributed by atoms with van der Waals surface area (Å²) in [5.74, 6) is -0.196. The van der Waals surface area contributed by atoms with Gasteiger partial charge in [-0.2, -0.15) is 0 Å². The van der Waals surface area contributed by atoms with Gasteiger partial charge in [-0.1, -0.05) is 97.1 Å². The van der Waals surface area contributed by atoms with Crippen molar-refractivity contribution in [3.8, 4) is 0 Å². The molecule has 2 aromatic heterocycles. The van der Waals surface area contributed by atoms with Crippen LogP contribution in [0.25, 0.3) is 21.8 Å². The van der Waals surface area contributed by atoms with Gasteiger partial charge in [-0.05, 0) is 23.3 Å². The first-order valence-electron chi connectivity index (χ1n) is 13.5. The van der Waals surface area contributed by atoms with Crippen LogP contribution in [0.2, 0.25) is 0 Å². The third-order valence-corrected chi connectivity index (χ3v) is 7.88. The minimum Gasteiger partial charge on any atom is -0.361 e. The summed E-state index contributed by atoms with van der Waals surface area (Å²) in [6.07, 6.45) is 3.76. The molecule has 40 heavy (non-hydrogen) atoms. The SMILES string of the molecule is O=C1C(c2c[nH]c3ccccc23)N(Cc2ccccc2)C(=O)C(c2c[nH]c3ccccc23)N1Cc1ccccc1. The Morgan fingerprint density at radius 2 is 0.875 bits per heavy atom. The molecule has 0 spiro atoms. The van der Waals surface area contributed by atoms with Crippen LogP contribution in [0.15, 0.2) is 122 Å². The van der Waals surface area contributed by atoms with Crippen molar-refractivity contribution in [1.29, 1.82) is 0 Å². The van der Waals surface area contributed by atoms with Crippen molar-refractivity contribution in [3.05, 3.63) is 144 Å². The van der Waals surface area contributed by atoms with Gasteiger partial charge in [-0.3, -0.25) is 9.59 Å². The highest BCUT2D eigenvalue weighted by Crippen LogP contribution is 2.42. The molecule has 6 nitrogen and oxygen atoms in total. The van der Waals surface area contributed by atoms with E-state index in [1.54, 1.807) is 9.80 Å². The lowest BCUT2D eigenvalue weighted by molar-refractivity contribution is -0.164. The van der Waals surface area contributed by atoms with Crippen LogP contribution in [0.3, 0.4) is 0 Å². The number of aromatic nitrogens is 2. The molecule has 7 rings (SSSR count). The summed E-state index contributed by atoms with van der Waals surface area (Å²) < 4.78 is 0. The van der Waals surface area contributed by atoms with Crippen molar-refractivity contribution in [2.24, 2.45) is 0 Å². The van der Waals surface area contributed by atoms with Crippen LogP contribution in [0.5, 0.6) is 0 Å².